The van der Waals surface area contributed by atoms with E-state index in [9.17, 15) is 18.5 Å². The maximum absolute atomic E-state index is 12.8. The first kappa shape index (κ1) is 20.1. The lowest BCUT2D eigenvalue weighted by Gasteiger charge is -2.18. The molecule has 3 rings (SSSR count). The van der Waals surface area contributed by atoms with Gasteiger partial charge in [0.1, 0.15) is 5.01 Å². The van der Waals surface area contributed by atoms with Crippen LogP contribution in [0.4, 0.5) is 0 Å². The molecule has 0 aliphatic rings. The second-order valence-electron chi connectivity index (χ2n) is 6.06. The lowest BCUT2D eigenvalue weighted by atomic mass is 9.99. The lowest BCUT2D eigenvalue weighted by molar-refractivity contribution is 0.0978. The summed E-state index contributed by atoms with van der Waals surface area (Å²) in [6.45, 7) is 4.28. The van der Waals surface area contributed by atoms with Crippen molar-refractivity contribution >= 4 is 37.4 Å². The third kappa shape index (κ3) is 3.69. The predicted molar refractivity (Wildman–Crippen MR) is 109 cm³/mol. The number of hydrogen-bond donors (Lipinski definition) is 0. The van der Waals surface area contributed by atoms with Crippen molar-refractivity contribution in [3.63, 3.8) is 0 Å². The Kier molecular flexibility index (Phi) is 5.89. The van der Waals surface area contributed by atoms with Crippen molar-refractivity contribution in [1.82, 2.24) is 9.29 Å². The maximum atomic E-state index is 12.8. The molecular weight excluding hydrogens is 394 g/mol. The highest BCUT2D eigenvalue weighted by Gasteiger charge is 2.27. The summed E-state index contributed by atoms with van der Waals surface area (Å²) in [4.78, 5) is 17.4. The number of hydrogen-bond acceptors (Lipinski definition) is 6. The molecule has 0 aliphatic carbocycles. The Hall–Kier alpha value is -2.60. The molecule has 0 amide bonds. The third-order valence-corrected chi connectivity index (χ3v) is 7.60. The minimum atomic E-state index is -3.59. The molecule has 8 heteroatoms. The molecule has 1 heterocycles. The number of Topliss-reactive ketones (excluding diaryl/α,β-unsaturated/α-hetero) is 1. The second kappa shape index (κ2) is 8.19. The number of benzene rings is 2. The Bertz CT molecular complexity index is 1110. The zero-order chi connectivity index (χ0) is 20.3. The third-order valence-electron chi connectivity index (χ3n) is 4.43. The van der Waals surface area contributed by atoms with Crippen LogP contribution < -0.4 is 0 Å². The molecule has 0 fully saturated rings. The number of aromatic nitrogens is 1. The SMILES string of the molecule is CCN(CC)S(=O)(=O)c1ccc(C(=O)[C@H](C#N)c2nc3ccccc3s2)cc1. The van der Waals surface area contributed by atoms with Crippen LogP contribution in [0.5, 0.6) is 0 Å². The molecule has 0 unspecified atom stereocenters. The summed E-state index contributed by atoms with van der Waals surface area (Å²) >= 11 is 1.31. The van der Waals surface area contributed by atoms with Gasteiger partial charge in [-0.15, -0.1) is 11.3 Å². The van der Waals surface area contributed by atoms with Crippen LogP contribution in [0.3, 0.4) is 0 Å². The zero-order valence-electron chi connectivity index (χ0n) is 15.5. The fraction of sp³-hybridized carbons (Fsp3) is 0.250. The quantitative estimate of drug-likeness (QED) is 0.549. The molecule has 0 radical (unpaired) electrons. The van der Waals surface area contributed by atoms with Gasteiger partial charge in [-0.2, -0.15) is 9.57 Å². The number of thiazole rings is 1. The molecule has 0 bridgehead atoms. The minimum absolute atomic E-state index is 0.126. The normalized spacial score (nSPS) is 12.8. The van der Waals surface area contributed by atoms with Gasteiger partial charge in [0.25, 0.3) is 0 Å². The minimum Gasteiger partial charge on any atom is -0.292 e. The van der Waals surface area contributed by atoms with Crippen LogP contribution in [-0.4, -0.2) is 36.6 Å². The van der Waals surface area contributed by atoms with Gasteiger partial charge in [0, 0.05) is 18.7 Å². The van der Waals surface area contributed by atoms with Crippen molar-refractivity contribution in [2.75, 3.05) is 13.1 Å². The lowest BCUT2D eigenvalue weighted by Crippen LogP contribution is -2.30. The molecule has 144 valence electrons. The maximum Gasteiger partial charge on any atom is 0.243 e. The van der Waals surface area contributed by atoms with Gasteiger partial charge in [-0.25, -0.2) is 13.4 Å². The Morgan fingerprint density at radius 1 is 1.14 bits per heavy atom. The second-order valence-corrected chi connectivity index (χ2v) is 9.06. The number of sulfonamides is 1. The molecule has 1 aromatic heterocycles. The van der Waals surface area contributed by atoms with E-state index in [0.29, 0.717) is 18.1 Å². The molecule has 0 saturated heterocycles. The Morgan fingerprint density at radius 2 is 1.79 bits per heavy atom. The number of carbonyl (C=O) groups excluding carboxylic acids is 1. The molecule has 0 N–H and O–H groups in total. The summed E-state index contributed by atoms with van der Waals surface area (Å²) in [7, 11) is -3.59. The topological polar surface area (TPSA) is 91.1 Å². The van der Waals surface area contributed by atoms with E-state index in [1.165, 1.54) is 39.9 Å². The van der Waals surface area contributed by atoms with Gasteiger partial charge in [-0.3, -0.25) is 4.79 Å². The Morgan fingerprint density at radius 3 is 2.36 bits per heavy atom. The van der Waals surface area contributed by atoms with Crippen LogP contribution >= 0.6 is 11.3 Å². The van der Waals surface area contributed by atoms with Crippen molar-refractivity contribution in [1.29, 1.82) is 5.26 Å². The van der Waals surface area contributed by atoms with E-state index in [4.69, 9.17) is 0 Å². The number of carbonyl (C=O) groups is 1. The number of nitrogens with zero attached hydrogens (tertiary/aromatic N) is 3. The largest absolute Gasteiger partial charge is 0.292 e. The summed E-state index contributed by atoms with van der Waals surface area (Å²) in [5.74, 6) is -1.42. The predicted octanol–water partition coefficient (Wildman–Crippen LogP) is 3.82. The molecule has 0 saturated carbocycles. The first-order valence-corrected chi connectivity index (χ1v) is 11.1. The van der Waals surface area contributed by atoms with Gasteiger partial charge >= 0.3 is 0 Å². The van der Waals surface area contributed by atoms with Crippen LogP contribution in [0.25, 0.3) is 10.2 Å². The van der Waals surface area contributed by atoms with E-state index < -0.39 is 21.7 Å². The summed E-state index contributed by atoms with van der Waals surface area (Å²) in [5.41, 5.74) is 1.03. The van der Waals surface area contributed by atoms with E-state index in [-0.39, 0.29) is 10.5 Å². The van der Waals surface area contributed by atoms with Gasteiger partial charge in [-0.1, -0.05) is 38.1 Å². The molecule has 0 spiro atoms. The van der Waals surface area contributed by atoms with Crippen LogP contribution in [-0.2, 0) is 10.0 Å². The van der Waals surface area contributed by atoms with Crippen LogP contribution in [0.1, 0.15) is 35.1 Å². The van der Waals surface area contributed by atoms with Crippen molar-refractivity contribution in [2.24, 2.45) is 0 Å². The Balaban J connectivity index is 1.90. The molecule has 0 aliphatic heterocycles. The highest BCUT2D eigenvalue weighted by molar-refractivity contribution is 7.89. The number of fused-ring (bicyclic) bond motifs is 1. The van der Waals surface area contributed by atoms with Crippen molar-refractivity contribution in [3.05, 3.63) is 59.1 Å². The monoisotopic (exact) mass is 413 g/mol. The highest BCUT2D eigenvalue weighted by Crippen LogP contribution is 2.29. The number of nitriles is 1. The number of rotatable bonds is 7. The van der Waals surface area contributed by atoms with Gasteiger partial charge in [0.15, 0.2) is 11.7 Å². The van der Waals surface area contributed by atoms with E-state index in [1.54, 1.807) is 13.8 Å². The summed E-state index contributed by atoms with van der Waals surface area (Å²) in [6, 6.07) is 15.2. The van der Waals surface area contributed by atoms with Gasteiger partial charge < -0.3 is 0 Å². The van der Waals surface area contributed by atoms with Crippen molar-refractivity contribution in [3.8, 4) is 6.07 Å². The van der Waals surface area contributed by atoms with E-state index in [1.807, 2.05) is 30.3 Å². The van der Waals surface area contributed by atoms with Gasteiger partial charge in [-0.05, 0) is 24.3 Å². The summed E-state index contributed by atoms with van der Waals surface area (Å²) in [6.07, 6.45) is 0. The van der Waals surface area contributed by atoms with Gasteiger partial charge in [0.2, 0.25) is 10.0 Å². The van der Waals surface area contributed by atoms with E-state index in [0.717, 1.165) is 10.2 Å². The fourth-order valence-corrected chi connectivity index (χ4v) is 5.38. The summed E-state index contributed by atoms with van der Waals surface area (Å²) < 4.78 is 27.4. The molecule has 6 nitrogen and oxygen atoms in total. The molecule has 3 aromatic rings. The van der Waals surface area contributed by atoms with Crippen LogP contribution in [0.2, 0.25) is 0 Å². The molecule has 1 atom stereocenters. The first-order valence-electron chi connectivity index (χ1n) is 8.81. The standard InChI is InChI=1S/C20H19N3O3S2/c1-3-23(4-2)28(25,26)15-11-9-14(10-12-15)19(24)16(13-21)20-22-17-7-5-6-8-18(17)27-20/h5-12,16H,3-4H2,1-2H3/t16-/m0/s1. The first-order chi connectivity index (χ1) is 13.4. The number of ketones is 1. The highest BCUT2D eigenvalue weighted by atomic mass is 32.2. The average Bonchev–Trinajstić information content (AvgIpc) is 3.13. The van der Waals surface area contributed by atoms with Crippen LogP contribution in [0.15, 0.2) is 53.4 Å². The van der Waals surface area contributed by atoms with Crippen LogP contribution in [0, 0.1) is 11.3 Å². The average molecular weight is 414 g/mol. The van der Waals surface area contributed by atoms with Crippen molar-refractivity contribution in [2.45, 2.75) is 24.7 Å². The molecule has 28 heavy (non-hydrogen) atoms. The number of para-hydroxylation sites is 1. The van der Waals surface area contributed by atoms with Crippen molar-refractivity contribution < 1.29 is 13.2 Å². The van der Waals surface area contributed by atoms with Gasteiger partial charge in [0.05, 0.1) is 21.2 Å². The zero-order valence-corrected chi connectivity index (χ0v) is 17.1. The van der Waals surface area contributed by atoms with E-state index in [2.05, 4.69) is 4.98 Å². The summed E-state index contributed by atoms with van der Waals surface area (Å²) in [5, 5.41) is 9.99. The molecule has 2 aromatic carbocycles. The van der Waals surface area contributed by atoms with E-state index >= 15 is 0 Å². The fourth-order valence-electron chi connectivity index (χ4n) is 2.91. The Labute approximate surface area is 168 Å². The smallest absolute Gasteiger partial charge is 0.243 e. The molecular formula is C20H19N3O3S2.